The summed E-state index contributed by atoms with van der Waals surface area (Å²) in [4.78, 5) is 24.0. The van der Waals surface area contributed by atoms with Crippen LogP contribution in [-0.4, -0.2) is 23.0 Å². The average Bonchev–Trinajstić information content (AvgIpc) is 2.93. The number of carboxylic acid groups (broad SMARTS) is 1. The number of nitrogens with one attached hydrogen (secondary N) is 1. The number of carbonyl (C=O) groups is 2. The lowest BCUT2D eigenvalue weighted by Gasteiger charge is -2.26. The molecule has 2 saturated carbocycles. The van der Waals surface area contributed by atoms with Crippen molar-refractivity contribution in [2.75, 3.05) is 0 Å². The van der Waals surface area contributed by atoms with Gasteiger partial charge >= 0.3 is 5.97 Å². The van der Waals surface area contributed by atoms with Crippen molar-refractivity contribution in [2.45, 2.75) is 51.0 Å². The van der Waals surface area contributed by atoms with Gasteiger partial charge in [-0.05, 0) is 31.1 Å². The molecule has 0 aromatic rings. The topological polar surface area (TPSA) is 66.4 Å². The molecular weight excluding hydrogens is 254 g/mol. The maximum absolute atomic E-state index is 12.5. The number of rotatable bonds is 3. The maximum Gasteiger partial charge on any atom is 0.307 e. The predicted octanol–water partition coefficient (Wildman–Crippen LogP) is 2.35. The molecule has 3 aliphatic carbocycles. The molecule has 110 valence electrons. The number of amides is 1. The quantitative estimate of drug-likeness (QED) is 0.614. The number of aliphatic carboxylic acids is 1. The zero-order valence-corrected chi connectivity index (χ0v) is 11.8. The molecule has 2 fully saturated rings. The van der Waals surface area contributed by atoms with Gasteiger partial charge in [0.2, 0.25) is 5.91 Å². The molecule has 4 atom stereocenters. The third-order valence-corrected chi connectivity index (χ3v) is 5.25. The minimum absolute atomic E-state index is 0.0267. The lowest BCUT2D eigenvalue weighted by Crippen LogP contribution is -2.44. The normalized spacial score (nSPS) is 36.8. The van der Waals surface area contributed by atoms with Gasteiger partial charge in [-0.3, -0.25) is 9.59 Å². The molecule has 2 bridgehead atoms. The van der Waals surface area contributed by atoms with Crippen LogP contribution < -0.4 is 5.32 Å². The second-order valence-electron chi connectivity index (χ2n) is 6.54. The summed E-state index contributed by atoms with van der Waals surface area (Å²) in [5.41, 5.74) is 0. The van der Waals surface area contributed by atoms with Gasteiger partial charge in [-0.15, -0.1) is 0 Å². The van der Waals surface area contributed by atoms with E-state index in [0.717, 1.165) is 19.3 Å². The number of hydrogen-bond acceptors (Lipinski definition) is 2. The minimum atomic E-state index is -0.817. The zero-order valence-electron chi connectivity index (χ0n) is 11.8. The van der Waals surface area contributed by atoms with Crippen LogP contribution >= 0.6 is 0 Å². The number of hydrogen-bond donors (Lipinski definition) is 2. The molecule has 1 amide bonds. The highest BCUT2D eigenvalue weighted by atomic mass is 16.4. The molecule has 4 nitrogen and oxygen atoms in total. The third kappa shape index (κ3) is 2.48. The van der Waals surface area contributed by atoms with Crippen LogP contribution in [0.15, 0.2) is 12.2 Å². The van der Waals surface area contributed by atoms with Crippen LogP contribution in [0.25, 0.3) is 0 Å². The Labute approximate surface area is 119 Å². The molecule has 20 heavy (non-hydrogen) atoms. The summed E-state index contributed by atoms with van der Waals surface area (Å²) < 4.78 is 0. The molecule has 0 aliphatic heterocycles. The largest absolute Gasteiger partial charge is 0.481 e. The summed E-state index contributed by atoms with van der Waals surface area (Å²) in [5, 5.41) is 12.5. The first kappa shape index (κ1) is 13.7. The van der Waals surface area contributed by atoms with Crippen molar-refractivity contribution in [3.63, 3.8) is 0 Å². The molecule has 0 aromatic carbocycles. The summed E-state index contributed by atoms with van der Waals surface area (Å²) in [6.07, 6.45) is 11.8. The zero-order chi connectivity index (χ0) is 14.1. The average molecular weight is 277 g/mol. The van der Waals surface area contributed by atoms with Gasteiger partial charge in [-0.25, -0.2) is 0 Å². The first-order valence-electron chi connectivity index (χ1n) is 7.88. The maximum atomic E-state index is 12.5. The van der Waals surface area contributed by atoms with Crippen LogP contribution in [0.5, 0.6) is 0 Å². The predicted molar refractivity (Wildman–Crippen MR) is 75.0 cm³/mol. The van der Waals surface area contributed by atoms with Crippen LogP contribution in [0.2, 0.25) is 0 Å². The second kappa shape index (κ2) is 5.58. The third-order valence-electron chi connectivity index (χ3n) is 5.25. The highest BCUT2D eigenvalue weighted by Crippen LogP contribution is 2.48. The van der Waals surface area contributed by atoms with E-state index in [1.165, 1.54) is 25.7 Å². The van der Waals surface area contributed by atoms with Crippen LogP contribution in [0, 0.1) is 23.7 Å². The summed E-state index contributed by atoms with van der Waals surface area (Å²) in [6, 6.07) is 0.252. The lowest BCUT2D eigenvalue weighted by molar-refractivity contribution is -0.148. The van der Waals surface area contributed by atoms with Gasteiger partial charge in [-0.1, -0.05) is 37.8 Å². The molecule has 0 spiro atoms. The van der Waals surface area contributed by atoms with E-state index in [4.69, 9.17) is 0 Å². The monoisotopic (exact) mass is 277 g/mol. The van der Waals surface area contributed by atoms with Crippen molar-refractivity contribution in [1.29, 1.82) is 0 Å². The van der Waals surface area contributed by atoms with Gasteiger partial charge in [0.1, 0.15) is 0 Å². The summed E-state index contributed by atoms with van der Waals surface area (Å²) in [7, 11) is 0. The Balaban J connectivity index is 1.66. The van der Waals surface area contributed by atoms with Crippen molar-refractivity contribution in [2.24, 2.45) is 23.7 Å². The highest BCUT2D eigenvalue weighted by Gasteiger charge is 2.51. The molecule has 0 unspecified atom stereocenters. The van der Waals surface area contributed by atoms with E-state index >= 15 is 0 Å². The van der Waals surface area contributed by atoms with Crippen molar-refractivity contribution in [1.82, 2.24) is 5.32 Å². The molecule has 3 aliphatic rings. The van der Waals surface area contributed by atoms with Gasteiger partial charge < -0.3 is 10.4 Å². The Morgan fingerprint density at radius 2 is 1.55 bits per heavy atom. The summed E-state index contributed by atoms with van der Waals surface area (Å²) >= 11 is 0. The van der Waals surface area contributed by atoms with E-state index < -0.39 is 11.9 Å². The van der Waals surface area contributed by atoms with Crippen LogP contribution in [0.1, 0.15) is 44.9 Å². The number of carboxylic acids is 1. The van der Waals surface area contributed by atoms with E-state index in [1.807, 2.05) is 12.2 Å². The molecular formula is C16H23NO3. The Hall–Kier alpha value is -1.32. The Bertz CT molecular complexity index is 423. The molecule has 3 rings (SSSR count). The standard InChI is InChI=1S/C16H23NO3/c18-15(17-12-5-3-1-2-4-6-12)13-10-7-8-11(9-10)14(13)16(19)20/h7-8,10-14H,1-6,9H2,(H,17,18)(H,19,20)/t10-,11+,13-,14+/m0/s1. The molecule has 0 aromatic heterocycles. The summed E-state index contributed by atoms with van der Waals surface area (Å²) in [5.74, 6) is -1.53. The van der Waals surface area contributed by atoms with E-state index in [9.17, 15) is 14.7 Å². The smallest absolute Gasteiger partial charge is 0.307 e. The SMILES string of the molecule is O=C(NC1CCCCCC1)[C@@H]1[C@H](C(=O)O)[C@@H]2C=C[C@H]1C2. The lowest BCUT2D eigenvalue weighted by atomic mass is 9.82. The van der Waals surface area contributed by atoms with Crippen molar-refractivity contribution in [3.05, 3.63) is 12.2 Å². The number of carbonyl (C=O) groups excluding carboxylic acids is 1. The first-order chi connectivity index (χ1) is 9.66. The molecule has 0 heterocycles. The van der Waals surface area contributed by atoms with Crippen LogP contribution in [0.4, 0.5) is 0 Å². The van der Waals surface area contributed by atoms with E-state index in [-0.39, 0.29) is 29.7 Å². The Kier molecular flexibility index (Phi) is 3.81. The number of allylic oxidation sites excluding steroid dienone is 2. The van der Waals surface area contributed by atoms with Crippen molar-refractivity contribution >= 4 is 11.9 Å². The molecule has 0 radical (unpaired) electrons. The Morgan fingerprint density at radius 1 is 0.950 bits per heavy atom. The summed E-state index contributed by atoms with van der Waals surface area (Å²) in [6.45, 7) is 0. The van der Waals surface area contributed by atoms with E-state index in [1.54, 1.807) is 0 Å². The van der Waals surface area contributed by atoms with Gasteiger partial charge in [0.05, 0.1) is 11.8 Å². The second-order valence-corrected chi connectivity index (χ2v) is 6.54. The fourth-order valence-corrected chi connectivity index (χ4v) is 4.24. The van der Waals surface area contributed by atoms with Crippen LogP contribution in [-0.2, 0) is 9.59 Å². The van der Waals surface area contributed by atoms with Crippen molar-refractivity contribution < 1.29 is 14.7 Å². The van der Waals surface area contributed by atoms with Gasteiger partial charge in [0.15, 0.2) is 0 Å². The van der Waals surface area contributed by atoms with Crippen molar-refractivity contribution in [3.8, 4) is 0 Å². The fourth-order valence-electron chi connectivity index (χ4n) is 4.24. The first-order valence-corrected chi connectivity index (χ1v) is 7.88. The fraction of sp³-hybridized carbons (Fsp3) is 0.750. The van der Waals surface area contributed by atoms with Gasteiger partial charge in [0.25, 0.3) is 0 Å². The van der Waals surface area contributed by atoms with Gasteiger partial charge in [0, 0.05) is 6.04 Å². The van der Waals surface area contributed by atoms with Crippen LogP contribution in [0.3, 0.4) is 0 Å². The number of fused-ring (bicyclic) bond motifs is 2. The molecule has 4 heteroatoms. The Morgan fingerprint density at radius 3 is 2.15 bits per heavy atom. The highest BCUT2D eigenvalue weighted by molar-refractivity contribution is 5.87. The molecule has 0 saturated heterocycles. The van der Waals surface area contributed by atoms with E-state index in [2.05, 4.69) is 5.32 Å². The minimum Gasteiger partial charge on any atom is -0.481 e. The molecule has 2 N–H and O–H groups in total. The van der Waals surface area contributed by atoms with Gasteiger partial charge in [-0.2, -0.15) is 0 Å². The van der Waals surface area contributed by atoms with E-state index in [0.29, 0.717) is 0 Å².